The zero-order chi connectivity index (χ0) is 20.5. The van der Waals surface area contributed by atoms with Gasteiger partial charge in [0.1, 0.15) is 11.9 Å². The van der Waals surface area contributed by atoms with Crippen molar-refractivity contribution in [3.05, 3.63) is 29.8 Å². The first-order chi connectivity index (χ1) is 14.7. The average Bonchev–Trinajstić information content (AvgIpc) is 3.44. The first kappa shape index (κ1) is 20.0. The highest BCUT2D eigenvalue weighted by Gasteiger charge is 2.49. The van der Waals surface area contributed by atoms with Crippen molar-refractivity contribution in [2.24, 2.45) is 11.8 Å². The van der Waals surface area contributed by atoms with E-state index in [-0.39, 0.29) is 47.9 Å². The molecule has 6 heteroatoms. The van der Waals surface area contributed by atoms with E-state index < -0.39 is 0 Å². The summed E-state index contributed by atoms with van der Waals surface area (Å²) in [6.07, 6.45) is 8.26. The molecule has 5 rings (SSSR count). The number of Topliss-reactive ketones (excluding diaryl/α,β-unsaturated/α-hetero) is 1. The van der Waals surface area contributed by atoms with Gasteiger partial charge in [-0.2, -0.15) is 0 Å². The molecule has 30 heavy (non-hydrogen) atoms. The maximum Gasteiger partial charge on any atom is 0.223 e. The molecule has 0 radical (unpaired) electrons. The van der Waals surface area contributed by atoms with E-state index in [4.69, 9.17) is 14.2 Å². The smallest absolute Gasteiger partial charge is 0.223 e. The van der Waals surface area contributed by atoms with Crippen LogP contribution in [0.2, 0.25) is 0 Å². The zero-order valence-corrected chi connectivity index (χ0v) is 17.4. The molecule has 1 amide bonds. The van der Waals surface area contributed by atoms with Gasteiger partial charge in [-0.15, -0.1) is 0 Å². The lowest BCUT2D eigenvalue weighted by Crippen LogP contribution is -2.44. The van der Waals surface area contributed by atoms with E-state index in [0.29, 0.717) is 25.2 Å². The largest absolute Gasteiger partial charge is 0.490 e. The Balaban J connectivity index is 1.17. The predicted molar refractivity (Wildman–Crippen MR) is 111 cm³/mol. The third kappa shape index (κ3) is 4.40. The van der Waals surface area contributed by atoms with Gasteiger partial charge < -0.3 is 19.5 Å². The van der Waals surface area contributed by atoms with Crippen molar-refractivity contribution in [3.63, 3.8) is 0 Å². The average molecular weight is 414 g/mol. The summed E-state index contributed by atoms with van der Waals surface area (Å²) in [7, 11) is 0. The summed E-state index contributed by atoms with van der Waals surface area (Å²) < 4.78 is 18.0. The third-order valence-electron chi connectivity index (χ3n) is 6.89. The molecule has 1 N–H and O–H groups in total. The predicted octanol–water partition coefficient (Wildman–Crippen LogP) is 3.28. The van der Waals surface area contributed by atoms with Crippen LogP contribution in [0.5, 0.6) is 5.75 Å². The number of carbonyl (C=O) groups is 2. The Morgan fingerprint density at radius 3 is 2.60 bits per heavy atom. The maximum absolute atomic E-state index is 13.0. The lowest BCUT2D eigenvalue weighted by atomic mass is 9.92. The molecule has 0 spiro atoms. The van der Waals surface area contributed by atoms with Crippen LogP contribution in [0.1, 0.15) is 61.7 Å². The molecule has 1 aromatic rings. The summed E-state index contributed by atoms with van der Waals surface area (Å²) in [6.45, 7) is 0.957. The van der Waals surface area contributed by atoms with Gasteiger partial charge in [-0.05, 0) is 50.7 Å². The fraction of sp³-hybridized carbons (Fsp3) is 0.667. The van der Waals surface area contributed by atoms with Crippen LogP contribution in [0, 0.1) is 11.8 Å². The standard InChI is InChI=1S/C24H31NO5/c26-21(16-5-4-8-19(11-16)30-18-6-2-1-3-7-18)12-17-13-28-23-20(14-29-22(17)23)25-24(27)15-9-10-15/h4-5,8,11,15,17-18,20,22-23H,1-3,6-7,9-10,12-14H2,(H,25,27). The normalized spacial score (nSPS) is 31.3. The Kier molecular flexibility index (Phi) is 5.79. The van der Waals surface area contributed by atoms with Crippen molar-refractivity contribution >= 4 is 11.7 Å². The molecule has 4 atom stereocenters. The van der Waals surface area contributed by atoms with E-state index in [1.165, 1.54) is 19.3 Å². The first-order valence-corrected chi connectivity index (χ1v) is 11.5. The summed E-state index contributed by atoms with van der Waals surface area (Å²) in [5.74, 6) is 1.18. The highest BCUT2D eigenvalue weighted by Crippen LogP contribution is 2.35. The molecule has 2 heterocycles. The number of benzene rings is 1. The van der Waals surface area contributed by atoms with Crippen molar-refractivity contribution in [2.45, 2.75) is 75.7 Å². The monoisotopic (exact) mass is 413 g/mol. The van der Waals surface area contributed by atoms with Gasteiger partial charge in [0, 0.05) is 23.8 Å². The van der Waals surface area contributed by atoms with Crippen LogP contribution in [0.4, 0.5) is 0 Å². The highest BCUT2D eigenvalue weighted by atomic mass is 16.6. The van der Waals surface area contributed by atoms with Gasteiger partial charge in [-0.1, -0.05) is 18.6 Å². The Morgan fingerprint density at radius 1 is 1.00 bits per heavy atom. The van der Waals surface area contributed by atoms with Gasteiger partial charge in [0.15, 0.2) is 5.78 Å². The molecule has 6 nitrogen and oxygen atoms in total. The molecular weight excluding hydrogens is 382 g/mol. The number of hydrogen-bond acceptors (Lipinski definition) is 5. The second-order valence-corrected chi connectivity index (χ2v) is 9.28. The third-order valence-corrected chi connectivity index (χ3v) is 6.89. The Morgan fingerprint density at radius 2 is 1.80 bits per heavy atom. The second-order valence-electron chi connectivity index (χ2n) is 9.28. The fourth-order valence-corrected chi connectivity index (χ4v) is 5.00. The van der Waals surface area contributed by atoms with Crippen LogP contribution in [0.15, 0.2) is 24.3 Å². The van der Waals surface area contributed by atoms with Crippen molar-refractivity contribution in [3.8, 4) is 5.75 Å². The lowest BCUT2D eigenvalue weighted by Gasteiger charge is -2.23. The van der Waals surface area contributed by atoms with Gasteiger partial charge >= 0.3 is 0 Å². The summed E-state index contributed by atoms with van der Waals surface area (Å²) in [5.41, 5.74) is 0.684. The van der Waals surface area contributed by atoms with Crippen molar-refractivity contribution in [1.29, 1.82) is 0 Å². The van der Waals surface area contributed by atoms with Gasteiger partial charge in [-0.25, -0.2) is 0 Å². The van der Waals surface area contributed by atoms with Crippen LogP contribution < -0.4 is 10.1 Å². The van der Waals surface area contributed by atoms with Crippen molar-refractivity contribution in [1.82, 2.24) is 5.32 Å². The number of hydrogen-bond donors (Lipinski definition) is 1. The van der Waals surface area contributed by atoms with Crippen LogP contribution in [-0.2, 0) is 14.3 Å². The van der Waals surface area contributed by atoms with Crippen LogP contribution >= 0.6 is 0 Å². The summed E-state index contributed by atoms with van der Waals surface area (Å²) in [5, 5.41) is 3.07. The molecule has 2 saturated carbocycles. The number of ketones is 1. The Hall–Kier alpha value is -1.92. The minimum Gasteiger partial charge on any atom is -0.490 e. The molecule has 1 aromatic carbocycles. The highest BCUT2D eigenvalue weighted by molar-refractivity contribution is 5.96. The van der Waals surface area contributed by atoms with Crippen molar-refractivity contribution in [2.75, 3.05) is 13.2 Å². The molecule has 0 aromatic heterocycles. The van der Waals surface area contributed by atoms with Gasteiger partial charge in [-0.3, -0.25) is 9.59 Å². The Labute approximate surface area is 177 Å². The molecule has 4 fully saturated rings. The number of amides is 1. The molecule has 4 aliphatic rings. The van der Waals surface area contributed by atoms with Gasteiger partial charge in [0.05, 0.1) is 31.5 Å². The summed E-state index contributed by atoms with van der Waals surface area (Å²) >= 11 is 0. The minimum atomic E-state index is -0.147. The van der Waals surface area contributed by atoms with E-state index in [1.807, 2.05) is 24.3 Å². The molecule has 2 aliphatic heterocycles. The quantitative estimate of drug-likeness (QED) is 0.695. The molecular formula is C24H31NO5. The number of nitrogens with one attached hydrogen (secondary N) is 1. The van der Waals surface area contributed by atoms with Gasteiger partial charge in [0.2, 0.25) is 5.91 Å². The van der Waals surface area contributed by atoms with E-state index in [2.05, 4.69) is 5.32 Å². The van der Waals surface area contributed by atoms with Crippen LogP contribution in [0.25, 0.3) is 0 Å². The minimum absolute atomic E-state index is 0.0215. The van der Waals surface area contributed by atoms with Gasteiger partial charge in [0.25, 0.3) is 0 Å². The molecule has 2 aliphatic carbocycles. The topological polar surface area (TPSA) is 73.9 Å². The van der Waals surface area contributed by atoms with Crippen molar-refractivity contribution < 1.29 is 23.8 Å². The molecule has 4 unspecified atom stereocenters. The number of carbonyl (C=O) groups excluding carboxylic acids is 2. The summed E-state index contributed by atoms with van der Waals surface area (Å²) in [6, 6.07) is 7.47. The molecule has 2 saturated heterocycles. The zero-order valence-electron chi connectivity index (χ0n) is 17.4. The number of ether oxygens (including phenoxy) is 3. The van der Waals surface area contributed by atoms with E-state index in [1.54, 1.807) is 0 Å². The Bertz CT molecular complexity index is 786. The number of fused-ring (bicyclic) bond motifs is 1. The van der Waals surface area contributed by atoms with E-state index in [0.717, 1.165) is 31.4 Å². The first-order valence-electron chi connectivity index (χ1n) is 11.5. The lowest BCUT2D eigenvalue weighted by molar-refractivity contribution is -0.123. The molecule has 162 valence electrons. The molecule has 0 bridgehead atoms. The summed E-state index contributed by atoms with van der Waals surface area (Å²) in [4.78, 5) is 25.0. The number of rotatable bonds is 7. The van der Waals surface area contributed by atoms with E-state index >= 15 is 0 Å². The fourth-order valence-electron chi connectivity index (χ4n) is 5.00. The second kappa shape index (κ2) is 8.67. The van der Waals surface area contributed by atoms with Crippen LogP contribution in [0.3, 0.4) is 0 Å². The maximum atomic E-state index is 13.0. The van der Waals surface area contributed by atoms with E-state index in [9.17, 15) is 9.59 Å². The van der Waals surface area contributed by atoms with Crippen LogP contribution in [-0.4, -0.2) is 49.3 Å². The SMILES string of the molecule is O=C(CC1COC2C(NC(=O)C3CC3)COC12)c1cccc(OC2CCCCC2)c1.